The summed E-state index contributed by atoms with van der Waals surface area (Å²) in [5, 5.41) is 1.44. The van der Waals surface area contributed by atoms with Crippen LogP contribution in [0.5, 0.6) is 0 Å². The highest BCUT2D eigenvalue weighted by atomic mass is 79.9. The highest BCUT2D eigenvalue weighted by Gasteiger charge is 2.10. The van der Waals surface area contributed by atoms with E-state index in [0.717, 1.165) is 20.5 Å². The van der Waals surface area contributed by atoms with E-state index in [1.54, 1.807) is 0 Å². The molecular weight excluding hydrogens is 271 g/mol. The highest BCUT2D eigenvalue weighted by Crippen LogP contribution is 2.32. The quantitative estimate of drug-likeness (QED) is 0.585. The third kappa shape index (κ3) is 1.63. The van der Waals surface area contributed by atoms with Gasteiger partial charge < -0.3 is 0 Å². The van der Waals surface area contributed by atoms with E-state index in [2.05, 4.69) is 28.6 Å². The summed E-state index contributed by atoms with van der Waals surface area (Å²) < 4.78 is 14.3. The van der Waals surface area contributed by atoms with E-state index in [4.69, 9.17) is 0 Å². The Kier molecular flexibility index (Phi) is 2.62. The summed E-state index contributed by atoms with van der Waals surface area (Å²) >= 11 is 8.65. The van der Waals surface area contributed by atoms with E-state index in [1.165, 1.54) is 11.3 Å². The van der Waals surface area contributed by atoms with E-state index in [9.17, 15) is 4.39 Å². The maximum atomic E-state index is 13.3. The van der Waals surface area contributed by atoms with Gasteiger partial charge >= 0.3 is 0 Å². The van der Waals surface area contributed by atoms with Crippen LogP contribution >= 0.6 is 39.9 Å². The molecule has 0 aliphatic carbocycles. The van der Waals surface area contributed by atoms with Crippen molar-refractivity contribution < 1.29 is 4.39 Å². The predicted octanol–water partition coefficient (Wildman–Crippen LogP) is 4.22. The Hall–Kier alpha value is -0.0600. The van der Waals surface area contributed by atoms with Gasteiger partial charge in [0.25, 0.3) is 0 Å². The van der Waals surface area contributed by atoms with Gasteiger partial charge in [0.2, 0.25) is 0 Å². The molecule has 0 radical (unpaired) electrons. The fourth-order valence-corrected chi connectivity index (χ4v) is 3.24. The molecule has 0 spiro atoms. The monoisotopic (exact) mass is 276 g/mol. The lowest BCUT2D eigenvalue weighted by molar-refractivity contribution is 0.649. The minimum Gasteiger partial charge on any atom is -0.195 e. The Morgan fingerprint density at radius 1 is 1.46 bits per heavy atom. The second-order valence-corrected chi connectivity index (χ2v) is 4.75. The molecule has 68 valence electrons. The van der Waals surface area contributed by atoms with Crippen LogP contribution in [0.1, 0.15) is 5.56 Å². The molecule has 0 aliphatic heterocycles. The SMILES string of the molecule is Fc1sc2cc(S)ccc2c1CBr. The number of thiophene rings is 1. The van der Waals surface area contributed by atoms with Crippen LogP contribution in [0.4, 0.5) is 4.39 Å². The van der Waals surface area contributed by atoms with Gasteiger partial charge in [-0.15, -0.1) is 24.0 Å². The van der Waals surface area contributed by atoms with Gasteiger partial charge in [-0.05, 0) is 17.5 Å². The average molecular weight is 277 g/mol. The Morgan fingerprint density at radius 3 is 2.92 bits per heavy atom. The number of hydrogen-bond donors (Lipinski definition) is 1. The van der Waals surface area contributed by atoms with Crippen molar-refractivity contribution in [1.29, 1.82) is 0 Å². The van der Waals surface area contributed by atoms with Crippen molar-refractivity contribution in [2.24, 2.45) is 0 Å². The van der Waals surface area contributed by atoms with Gasteiger partial charge in [0.1, 0.15) is 0 Å². The van der Waals surface area contributed by atoms with Gasteiger partial charge in [-0.2, -0.15) is 4.39 Å². The minimum atomic E-state index is -0.106. The molecule has 0 aliphatic rings. The molecule has 2 aromatic rings. The van der Waals surface area contributed by atoms with Crippen LogP contribution in [-0.4, -0.2) is 0 Å². The van der Waals surface area contributed by atoms with Crippen molar-refractivity contribution >= 4 is 50.0 Å². The van der Waals surface area contributed by atoms with Gasteiger partial charge in [0, 0.05) is 20.5 Å². The van der Waals surface area contributed by atoms with E-state index in [1.807, 2.05) is 18.2 Å². The van der Waals surface area contributed by atoms with Gasteiger partial charge in [0.15, 0.2) is 5.13 Å². The zero-order valence-corrected chi connectivity index (χ0v) is 9.85. The number of rotatable bonds is 1. The molecular formula is C9H6BrFS2. The molecule has 1 heterocycles. The lowest BCUT2D eigenvalue weighted by Crippen LogP contribution is -1.76. The first kappa shape index (κ1) is 9.49. The first-order chi connectivity index (χ1) is 6.22. The fraction of sp³-hybridized carbons (Fsp3) is 0.111. The molecule has 1 aromatic heterocycles. The van der Waals surface area contributed by atoms with Crippen molar-refractivity contribution in [2.75, 3.05) is 0 Å². The van der Waals surface area contributed by atoms with Crippen LogP contribution in [0, 0.1) is 5.13 Å². The minimum absolute atomic E-state index is 0.106. The van der Waals surface area contributed by atoms with Crippen LogP contribution in [-0.2, 0) is 5.33 Å². The molecule has 0 bridgehead atoms. The van der Waals surface area contributed by atoms with Crippen LogP contribution in [0.25, 0.3) is 10.1 Å². The Bertz CT molecular complexity index is 450. The Morgan fingerprint density at radius 2 is 2.23 bits per heavy atom. The Labute approximate surface area is 93.3 Å². The Balaban J connectivity index is 2.79. The summed E-state index contributed by atoms with van der Waals surface area (Å²) in [5.74, 6) is 0. The molecule has 1 aromatic carbocycles. The number of hydrogen-bond acceptors (Lipinski definition) is 2. The van der Waals surface area contributed by atoms with Crippen LogP contribution in [0.15, 0.2) is 23.1 Å². The molecule has 0 unspecified atom stereocenters. The lowest BCUT2D eigenvalue weighted by Gasteiger charge is -1.93. The van der Waals surface area contributed by atoms with Crippen molar-refractivity contribution in [2.45, 2.75) is 10.2 Å². The number of fused-ring (bicyclic) bond motifs is 1. The summed E-state index contributed by atoms with van der Waals surface area (Å²) in [6.07, 6.45) is 0. The largest absolute Gasteiger partial charge is 0.195 e. The molecule has 0 amide bonds. The molecule has 13 heavy (non-hydrogen) atoms. The summed E-state index contributed by atoms with van der Waals surface area (Å²) in [5.41, 5.74) is 0.744. The number of thiol groups is 1. The first-order valence-corrected chi connectivity index (χ1v) is 6.06. The molecule has 0 N–H and O–H groups in total. The maximum absolute atomic E-state index is 13.3. The number of alkyl halides is 1. The van der Waals surface area contributed by atoms with E-state index >= 15 is 0 Å². The highest BCUT2D eigenvalue weighted by molar-refractivity contribution is 9.08. The summed E-state index contributed by atoms with van der Waals surface area (Å²) in [6, 6.07) is 5.68. The van der Waals surface area contributed by atoms with Crippen LogP contribution < -0.4 is 0 Å². The second-order valence-electron chi connectivity index (χ2n) is 2.67. The van der Waals surface area contributed by atoms with E-state index in [0.29, 0.717) is 5.33 Å². The zero-order valence-electron chi connectivity index (χ0n) is 6.55. The molecule has 4 heteroatoms. The third-order valence-corrected chi connectivity index (χ3v) is 3.68. The van der Waals surface area contributed by atoms with Gasteiger partial charge in [-0.3, -0.25) is 0 Å². The average Bonchev–Trinajstić information content (AvgIpc) is 2.39. The zero-order chi connectivity index (χ0) is 9.42. The summed E-state index contributed by atoms with van der Waals surface area (Å²) in [7, 11) is 0. The predicted molar refractivity (Wildman–Crippen MR) is 61.7 cm³/mol. The van der Waals surface area contributed by atoms with Crippen molar-refractivity contribution in [3.05, 3.63) is 28.9 Å². The standard InChI is InChI=1S/C9H6BrFS2/c10-4-7-6-2-1-5(12)3-8(6)13-9(7)11/h1-3,12H,4H2. The van der Waals surface area contributed by atoms with Gasteiger partial charge in [-0.1, -0.05) is 22.0 Å². The summed E-state index contributed by atoms with van der Waals surface area (Å²) in [6.45, 7) is 0. The molecule has 0 saturated heterocycles. The fourth-order valence-electron chi connectivity index (χ4n) is 1.23. The molecule has 0 saturated carbocycles. The van der Waals surface area contributed by atoms with Gasteiger partial charge in [0.05, 0.1) is 0 Å². The third-order valence-electron chi connectivity index (χ3n) is 1.86. The molecule has 0 atom stereocenters. The molecule has 2 rings (SSSR count). The van der Waals surface area contributed by atoms with E-state index < -0.39 is 0 Å². The van der Waals surface area contributed by atoms with Crippen molar-refractivity contribution in [3.8, 4) is 0 Å². The number of halogens is 2. The van der Waals surface area contributed by atoms with Crippen LogP contribution in [0.2, 0.25) is 0 Å². The number of benzene rings is 1. The van der Waals surface area contributed by atoms with Crippen molar-refractivity contribution in [1.82, 2.24) is 0 Å². The molecule has 0 nitrogen and oxygen atoms in total. The first-order valence-electron chi connectivity index (χ1n) is 3.68. The smallest absolute Gasteiger partial charge is 0.181 e. The normalized spacial score (nSPS) is 11.0. The van der Waals surface area contributed by atoms with Gasteiger partial charge in [-0.25, -0.2) is 0 Å². The maximum Gasteiger partial charge on any atom is 0.181 e. The van der Waals surface area contributed by atoms with Crippen molar-refractivity contribution in [3.63, 3.8) is 0 Å². The van der Waals surface area contributed by atoms with Crippen LogP contribution in [0.3, 0.4) is 0 Å². The second kappa shape index (κ2) is 3.59. The summed E-state index contributed by atoms with van der Waals surface area (Å²) in [4.78, 5) is 0.870. The lowest BCUT2D eigenvalue weighted by atomic mass is 10.2. The topological polar surface area (TPSA) is 0 Å². The molecule has 0 fully saturated rings. The van der Waals surface area contributed by atoms with E-state index in [-0.39, 0.29) is 5.13 Å².